The highest BCUT2D eigenvalue weighted by Crippen LogP contribution is 2.46. The lowest BCUT2D eigenvalue weighted by atomic mass is 10.0. The van der Waals surface area contributed by atoms with E-state index >= 15 is 0 Å². The van der Waals surface area contributed by atoms with Crippen molar-refractivity contribution in [3.05, 3.63) is 0 Å². The van der Waals surface area contributed by atoms with Crippen LogP contribution in [-0.2, 0) is 13.6 Å². The Morgan fingerprint density at radius 3 is 2.17 bits per heavy atom. The molecule has 0 aromatic carbocycles. The number of hydrogen-bond donors (Lipinski definition) is 1. The average Bonchev–Trinajstić information content (AvgIpc) is 2.36. The van der Waals surface area contributed by atoms with Gasteiger partial charge in [-0.2, -0.15) is 0 Å². The lowest BCUT2D eigenvalue weighted by molar-refractivity contribution is 0.0873. The summed E-state index contributed by atoms with van der Waals surface area (Å²) in [5, 5.41) is 0. The van der Waals surface area contributed by atoms with Gasteiger partial charge in [0.2, 0.25) is 0 Å². The fourth-order valence-corrected chi connectivity index (χ4v) is 2.89. The largest absolute Gasteiger partial charge is 0.472 e. The van der Waals surface area contributed by atoms with Gasteiger partial charge in [-0.3, -0.25) is 9.05 Å². The molecule has 1 N–H and O–H groups in total. The lowest BCUT2D eigenvalue weighted by Crippen LogP contribution is -2.13. The maximum Gasteiger partial charge on any atom is 0.472 e. The zero-order valence-electron chi connectivity index (χ0n) is 12.2. The molecule has 4 nitrogen and oxygen atoms in total. The predicted molar refractivity (Wildman–Crippen MR) is 74.5 cm³/mol. The number of phosphoric acid groups is 1. The molecule has 0 saturated heterocycles. The fraction of sp³-hybridized carbons (Fsp3) is 1.00. The molecule has 0 aliphatic heterocycles. The molecule has 0 aromatic rings. The van der Waals surface area contributed by atoms with Gasteiger partial charge in [0.15, 0.2) is 0 Å². The van der Waals surface area contributed by atoms with Crippen LogP contribution in [0.3, 0.4) is 0 Å². The smallest absolute Gasteiger partial charge is 0.302 e. The molecule has 2 atom stereocenters. The summed E-state index contributed by atoms with van der Waals surface area (Å²) in [7, 11) is -3.88. The molecule has 0 radical (unpaired) electrons. The molecule has 0 aliphatic rings. The summed E-state index contributed by atoms with van der Waals surface area (Å²) in [6, 6.07) is 0. The highest BCUT2D eigenvalue weighted by Gasteiger charge is 2.26. The number of rotatable bonds is 11. The Hall–Kier alpha value is 0.110. The van der Waals surface area contributed by atoms with Crippen molar-refractivity contribution in [2.75, 3.05) is 6.61 Å². The zero-order valence-corrected chi connectivity index (χ0v) is 13.1. The van der Waals surface area contributed by atoms with Gasteiger partial charge in [-0.05, 0) is 25.2 Å². The van der Waals surface area contributed by atoms with E-state index < -0.39 is 7.82 Å². The van der Waals surface area contributed by atoms with Crippen LogP contribution in [0.15, 0.2) is 0 Å². The van der Waals surface area contributed by atoms with Gasteiger partial charge < -0.3 is 4.89 Å². The van der Waals surface area contributed by atoms with Crippen LogP contribution in [0.5, 0.6) is 0 Å². The van der Waals surface area contributed by atoms with Gasteiger partial charge in [-0.1, -0.05) is 47.0 Å². The van der Waals surface area contributed by atoms with Crippen LogP contribution < -0.4 is 0 Å². The highest BCUT2D eigenvalue weighted by molar-refractivity contribution is 7.47. The predicted octanol–water partition coefficient (Wildman–Crippen LogP) is 4.53. The Morgan fingerprint density at radius 1 is 1.11 bits per heavy atom. The van der Waals surface area contributed by atoms with E-state index in [0.29, 0.717) is 12.5 Å². The Balaban J connectivity index is 4.10. The number of phosphoric ester groups is 1. The zero-order chi connectivity index (χ0) is 14.0. The average molecular weight is 280 g/mol. The molecule has 0 saturated carbocycles. The van der Waals surface area contributed by atoms with Crippen molar-refractivity contribution in [1.29, 1.82) is 0 Å². The first-order valence-electron chi connectivity index (χ1n) is 7.14. The Labute approximate surface area is 112 Å². The first-order chi connectivity index (χ1) is 8.49. The summed E-state index contributed by atoms with van der Waals surface area (Å²) in [6.07, 6.45) is 5.51. The van der Waals surface area contributed by atoms with Crippen molar-refractivity contribution < 1.29 is 18.5 Å². The molecule has 0 heterocycles. The van der Waals surface area contributed by atoms with E-state index in [1.165, 1.54) is 0 Å². The summed E-state index contributed by atoms with van der Waals surface area (Å²) in [5.74, 6) is 0.343. The van der Waals surface area contributed by atoms with Crippen LogP contribution in [0.25, 0.3) is 0 Å². The second-order valence-corrected chi connectivity index (χ2v) is 6.13. The SMILES string of the molecule is CCCCC(CC)COP(=O)(O)OC(CC)CC. The second kappa shape index (κ2) is 9.96. The third-order valence-electron chi connectivity index (χ3n) is 3.21. The van der Waals surface area contributed by atoms with Crippen LogP contribution in [0, 0.1) is 5.92 Å². The van der Waals surface area contributed by atoms with Crippen LogP contribution in [0.4, 0.5) is 0 Å². The van der Waals surface area contributed by atoms with Gasteiger partial charge in [0.05, 0.1) is 12.7 Å². The first-order valence-corrected chi connectivity index (χ1v) is 8.64. The summed E-state index contributed by atoms with van der Waals surface area (Å²) in [4.78, 5) is 9.63. The molecule has 18 heavy (non-hydrogen) atoms. The van der Waals surface area contributed by atoms with Crippen molar-refractivity contribution in [1.82, 2.24) is 0 Å². The third kappa shape index (κ3) is 8.25. The first kappa shape index (κ1) is 18.1. The fourth-order valence-electron chi connectivity index (χ4n) is 1.75. The Bertz CT molecular complexity index is 241. The van der Waals surface area contributed by atoms with Crippen LogP contribution >= 0.6 is 7.82 Å². The molecule has 0 bridgehead atoms. The molecule has 0 spiro atoms. The second-order valence-electron chi connectivity index (χ2n) is 4.72. The molecule has 0 amide bonds. The van der Waals surface area contributed by atoms with Crippen molar-refractivity contribution in [2.24, 2.45) is 5.92 Å². The van der Waals surface area contributed by atoms with Gasteiger partial charge in [0.1, 0.15) is 0 Å². The lowest BCUT2D eigenvalue weighted by Gasteiger charge is -2.21. The molecule has 2 unspecified atom stereocenters. The molecular formula is C13H29O4P. The number of hydrogen-bond acceptors (Lipinski definition) is 3. The minimum atomic E-state index is -3.88. The topological polar surface area (TPSA) is 55.8 Å². The molecular weight excluding hydrogens is 251 g/mol. The van der Waals surface area contributed by atoms with Crippen molar-refractivity contribution in [3.8, 4) is 0 Å². The molecule has 0 aliphatic carbocycles. The van der Waals surface area contributed by atoms with Gasteiger partial charge in [-0.25, -0.2) is 4.57 Å². The van der Waals surface area contributed by atoms with Gasteiger partial charge in [0.25, 0.3) is 0 Å². The van der Waals surface area contributed by atoms with Crippen LogP contribution in [-0.4, -0.2) is 17.6 Å². The van der Waals surface area contributed by atoms with Crippen molar-refractivity contribution in [2.45, 2.75) is 72.3 Å². The van der Waals surface area contributed by atoms with E-state index in [1.807, 2.05) is 13.8 Å². The van der Waals surface area contributed by atoms with Gasteiger partial charge in [0, 0.05) is 0 Å². The Kier molecular flexibility index (Phi) is 10.0. The molecule has 5 heteroatoms. The van der Waals surface area contributed by atoms with E-state index in [0.717, 1.165) is 38.5 Å². The Morgan fingerprint density at radius 2 is 1.72 bits per heavy atom. The van der Waals surface area contributed by atoms with Crippen LogP contribution in [0.2, 0.25) is 0 Å². The maximum atomic E-state index is 11.7. The van der Waals surface area contributed by atoms with E-state index in [1.54, 1.807) is 0 Å². The summed E-state index contributed by atoms with van der Waals surface area (Å²) < 4.78 is 22.0. The minimum absolute atomic E-state index is 0.198. The minimum Gasteiger partial charge on any atom is -0.302 e. The molecule has 110 valence electrons. The van der Waals surface area contributed by atoms with Gasteiger partial charge >= 0.3 is 7.82 Å². The standard InChI is InChI=1S/C13H29O4P/c1-5-9-10-12(6-2)11-16-18(14,15)17-13(7-3)8-4/h12-13H,5-11H2,1-4H3,(H,14,15). The van der Waals surface area contributed by atoms with E-state index in [4.69, 9.17) is 9.05 Å². The summed E-state index contributed by atoms with van der Waals surface area (Å²) in [5.41, 5.74) is 0. The quantitative estimate of drug-likeness (QED) is 0.565. The highest BCUT2D eigenvalue weighted by atomic mass is 31.2. The van der Waals surface area contributed by atoms with E-state index in [-0.39, 0.29) is 6.10 Å². The van der Waals surface area contributed by atoms with Crippen molar-refractivity contribution >= 4 is 7.82 Å². The molecule has 0 aromatic heterocycles. The van der Waals surface area contributed by atoms with E-state index in [9.17, 15) is 9.46 Å². The maximum absolute atomic E-state index is 11.7. The number of unbranched alkanes of at least 4 members (excludes halogenated alkanes) is 1. The summed E-state index contributed by atoms with van der Waals surface area (Å²) in [6.45, 7) is 8.40. The normalized spacial score (nSPS) is 16.8. The monoisotopic (exact) mass is 280 g/mol. The summed E-state index contributed by atoms with van der Waals surface area (Å²) >= 11 is 0. The van der Waals surface area contributed by atoms with Crippen LogP contribution in [0.1, 0.15) is 66.2 Å². The van der Waals surface area contributed by atoms with E-state index in [2.05, 4.69) is 13.8 Å². The molecule has 0 rings (SSSR count). The third-order valence-corrected chi connectivity index (χ3v) is 4.25. The molecule has 0 fully saturated rings. The van der Waals surface area contributed by atoms with Crippen molar-refractivity contribution in [3.63, 3.8) is 0 Å². The van der Waals surface area contributed by atoms with Gasteiger partial charge in [-0.15, -0.1) is 0 Å².